The van der Waals surface area contributed by atoms with Gasteiger partial charge in [0, 0.05) is 19.0 Å². The van der Waals surface area contributed by atoms with Gasteiger partial charge in [0.1, 0.15) is 5.82 Å². The predicted octanol–water partition coefficient (Wildman–Crippen LogP) is 3.46. The predicted molar refractivity (Wildman–Crippen MR) is 83.1 cm³/mol. The van der Waals surface area contributed by atoms with Crippen LogP contribution in [0.5, 0.6) is 0 Å². The molecule has 2 saturated carbocycles. The number of hydrogen-bond donors (Lipinski definition) is 1. The van der Waals surface area contributed by atoms with Gasteiger partial charge in [-0.3, -0.25) is 4.68 Å². The Morgan fingerprint density at radius 1 is 1.00 bits per heavy atom. The molecule has 4 nitrogen and oxygen atoms in total. The van der Waals surface area contributed by atoms with Crippen LogP contribution in [0.2, 0.25) is 0 Å². The van der Waals surface area contributed by atoms with Gasteiger partial charge in [0.25, 0.3) is 0 Å². The number of aryl methyl sites for hydroxylation is 1. The van der Waals surface area contributed by atoms with Gasteiger partial charge in [-0.1, -0.05) is 32.1 Å². The van der Waals surface area contributed by atoms with Crippen molar-refractivity contribution in [3.05, 3.63) is 11.6 Å². The molecule has 0 amide bonds. The van der Waals surface area contributed by atoms with Crippen LogP contribution in [0.4, 0.5) is 0 Å². The van der Waals surface area contributed by atoms with Crippen molar-refractivity contribution >= 4 is 0 Å². The molecule has 1 aliphatic heterocycles. The summed E-state index contributed by atoms with van der Waals surface area (Å²) in [6.07, 6.45) is 13.5. The Bertz CT molecular complexity index is 475. The Morgan fingerprint density at radius 2 is 1.76 bits per heavy atom. The van der Waals surface area contributed by atoms with Crippen molar-refractivity contribution in [2.75, 3.05) is 0 Å². The zero-order valence-corrected chi connectivity index (χ0v) is 13.2. The smallest absolute Gasteiger partial charge is 0.154 e. The number of rotatable bonds is 2. The fourth-order valence-electron chi connectivity index (χ4n) is 4.77. The Morgan fingerprint density at radius 3 is 2.57 bits per heavy atom. The second-order valence-electron chi connectivity index (χ2n) is 7.39. The van der Waals surface area contributed by atoms with E-state index in [9.17, 15) is 0 Å². The highest BCUT2D eigenvalue weighted by Gasteiger charge is 2.38. The molecule has 0 aromatic carbocycles. The van der Waals surface area contributed by atoms with Crippen LogP contribution >= 0.6 is 0 Å². The first-order valence-electron chi connectivity index (χ1n) is 8.98. The van der Waals surface area contributed by atoms with Crippen molar-refractivity contribution in [2.24, 2.45) is 13.0 Å². The summed E-state index contributed by atoms with van der Waals surface area (Å²) in [6, 6.07) is 1.17. The quantitative estimate of drug-likeness (QED) is 0.906. The summed E-state index contributed by atoms with van der Waals surface area (Å²) in [7, 11) is 2.08. The van der Waals surface area contributed by atoms with Crippen LogP contribution in [-0.2, 0) is 7.05 Å². The topological polar surface area (TPSA) is 42.7 Å². The van der Waals surface area contributed by atoms with Crippen LogP contribution in [0, 0.1) is 5.92 Å². The molecule has 0 spiro atoms. The van der Waals surface area contributed by atoms with Crippen molar-refractivity contribution in [1.82, 2.24) is 20.1 Å². The van der Waals surface area contributed by atoms with Crippen molar-refractivity contribution in [3.8, 4) is 0 Å². The van der Waals surface area contributed by atoms with E-state index in [-0.39, 0.29) is 0 Å². The molecule has 0 radical (unpaired) electrons. The maximum atomic E-state index is 4.96. The fourth-order valence-corrected chi connectivity index (χ4v) is 4.77. The second kappa shape index (κ2) is 5.71. The van der Waals surface area contributed by atoms with E-state index in [1.54, 1.807) is 0 Å². The molecule has 3 atom stereocenters. The molecule has 4 heteroatoms. The first kappa shape index (κ1) is 13.7. The Kier molecular flexibility index (Phi) is 3.74. The number of fused-ring (bicyclic) bond motifs is 1. The summed E-state index contributed by atoms with van der Waals surface area (Å²) in [5.41, 5.74) is 0. The third-order valence-electron chi connectivity index (χ3n) is 5.96. The summed E-state index contributed by atoms with van der Waals surface area (Å²) in [6.45, 7) is 0. The summed E-state index contributed by atoms with van der Waals surface area (Å²) in [4.78, 5) is 4.96. The molecule has 4 rings (SSSR count). The Labute approximate surface area is 127 Å². The molecule has 2 heterocycles. The van der Waals surface area contributed by atoms with Crippen LogP contribution in [-0.4, -0.2) is 20.8 Å². The summed E-state index contributed by atoms with van der Waals surface area (Å²) >= 11 is 0. The first-order valence-corrected chi connectivity index (χ1v) is 8.98. The van der Waals surface area contributed by atoms with Gasteiger partial charge in [-0.25, -0.2) is 4.98 Å². The molecule has 1 N–H and O–H groups in total. The van der Waals surface area contributed by atoms with Crippen LogP contribution in [0.1, 0.15) is 87.8 Å². The number of nitrogens with one attached hydrogen (secondary N) is 1. The van der Waals surface area contributed by atoms with Gasteiger partial charge in [0.15, 0.2) is 5.82 Å². The van der Waals surface area contributed by atoms with Gasteiger partial charge in [0.05, 0.1) is 6.04 Å². The van der Waals surface area contributed by atoms with Gasteiger partial charge >= 0.3 is 0 Å². The third kappa shape index (κ3) is 2.63. The van der Waals surface area contributed by atoms with Crippen molar-refractivity contribution in [1.29, 1.82) is 0 Å². The third-order valence-corrected chi connectivity index (χ3v) is 5.96. The van der Waals surface area contributed by atoms with Crippen LogP contribution in [0.3, 0.4) is 0 Å². The fraction of sp³-hybridized carbons (Fsp3) is 0.882. The van der Waals surface area contributed by atoms with E-state index in [0.717, 1.165) is 17.8 Å². The number of nitrogens with zero attached hydrogens (tertiary/aromatic N) is 3. The van der Waals surface area contributed by atoms with Crippen molar-refractivity contribution in [3.63, 3.8) is 0 Å². The lowest BCUT2D eigenvalue weighted by Crippen LogP contribution is -2.31. The lowest BCUT2D eigenvalue weighted by molar-refractivity contribution is 0.325. The Hall–Kier alpha value is -0.900. The molecule has 2 aliphatic carbocycles. The average Bonchev–Trinajstić information content (AvgIpc) is 3.11. The summed E-state index contributed by atoms with van der Waals surface area (Å²) in [5, 5.41) is 8.60. The Balaban J connectivity index is 1.51. The van der Waals surface area contributed by atoms with E-state index in [1.165, 1.54) is 70.0 Å². The molecule has 1 aromatic rings. The summed E-state index contributed by atoms with van der Waals surface area (Å²) < 4.78 is 2.05. The molecule has 3 unspecified atom stereocenters. The lowest BCUT2D eigenvalue weighted by atomic mass is 9.85. The average molecular weight is 288 g/mol. The van der Waals surface area contributed by atoms with Gasteiger partial charge in [-0.05, 0) is 38.0 Å². The molecule has 0 bridgehead atoms. The van der Waals surface area contributed by atoms with Crippen molar-refractivity contribution in [2.45, 2.75) is 82.2 Å². The highest BCUT2D eigenvalue weighted by atomic mass is 15.3. The first-order chi connectivity index (χ1) is 10.3. The van der Waals surface area contributed by atoms with E-state index < -0.39 is 0 Å². The molecule has 3 fully saturated rings. The molecule has 1 aromatic heterocycles. The van der Waals surface area contributed by atoms with Crippen molar-refractivity contribution < 1.29 is 0 Å². The monoisotopic (exact) mass is 288 g/mol. The minimum atomic E-state index is 0.438. The zero-order valence-electron chi connectivity index (χ0n) is 13.2. The van der Waals surface area contributed by atoms with E-state index in [1.807, 2.05) is 0 Å². The number of aromatic nitrogens is 3. The van der Waals surface area contributed by atoms with E-state index in [2.05, 4.69) is 17.0 Å². The molecule has 116 valence electrons. The van der Waals surface area contributed by atoms with Crippen LogP contribution in [0.25, 0.3) is 0 Å². The SMILES string of the molecule is Cn1nc(C2CCCCC2)nc1C1CC2CCCCC2N1. The normalized spacial score (nSPS) is 34.0. The zero-order chi connectivity index (χ0) is 14.2. The number of hydrogen-bond acceptors (Lipinski definition) is 3. The van der Waals surface area contributed by atoms with Gasteiger partial charge in [0.2, 0.25) is 0 Å². The maximum Gasteiger partial charge on any atom is 0.154 e. The molecular formula is C17H28N4. The summed E-state index contributed by atoms with van der Waals surface area (Å²) in [5.74, 6) is 3.79. The minimum Gasteiger partial charge on any atom is -0.304 e. The van der Waals surface area contributed by atoms with E-state index in [4.69, 9.17) is 10.1 Å². The molecule has 21 heavy (non-hydrogen) atoms. The standard InChI is InChI=1S/C17H28N4/c1-21-17(15-11-13-9-5-6-10-14(13)18-15)19-16(20-21)12-7-3-2-4-8-12/h12-15,18H,2-11H2,1H3. The molecular weight excluding hydrogens is 260 g/mol. The van der Waals surface area contributed by atoms with E-state index in [0.29, 0.717) is 12.0 Å². The van der Waals surface area contributed by atoms with Gasteiger partial charge < -0.3 is 5.32 Å². The molecule has 1 saturated heterocycles. The van der Waals surface area contributed by atoms with Crippen LogP contribution in [0.15, 0.2) is 0 Å². The van der Waals surface area contributed by atoms with Gasteiger partial charge in [-0.15, -0.1) is 0 Å². The second-order valence-corrected chi connectivity index (χ2v) is 7.39. The maximum absolute atomic E-state index is 4.96. The largest absolute Gasteiger partial charge is 0.304 e. The molecule has 3 aliphatic rings. The highest BCUT2D eigenvalue weighted by Crippen LogP contribution is 2.39. The van der Waals surface area contributed by atoms with Gasteiger partial charge in [-0.2, -0.15) is 5.10 Å². The van der Waals surface area contributed by atoms with Crippen LogP contribution < -0.4 is 5.32 Å². The minimum absolute atomic E-state index is 0.438. The van der Waals surface area contributed by atoms with E-state index >= 15 is 0 Å². The lowest BCUT2D eigenvalue weighted by Gasteiger charge is -2.24. The highest BCUT2D eigenvalue weighted by molar-refractivity contribution is 5.08.